The highest BCUT2D eigenvalue weighted by molar-refractivity contribution is 4.91. The molecule has 0 spiro atoms. The van der Waals surface area contributed by atoms with E-state index < -0.39 is 0 Å². The summed E-state index contributed by atoms with van der Waals surface area (Å²) in [5, 5.41) is 3.69. The van der Waals surface area contributed by atoms with Gasteiger partial charge in [-0.2, -0.15) is 0 Å². The summed E-state index contributed by atoms with van der Waals surface area (Å²) < 4.78 is 0. The van der Waals surface area contributed by atoms with Crippen molar-refractivity contribution in [1.82, 2.24) is 15.1 Å². The van der Waals surface area contributed by atoms with Gasteiger partial charge in [0.25, 0.3) is 0 Å². The minimum absolute atomic E-state index is 0.250. The Morgan fingerprint density at radius 1 is 0.952 bits per heavy atom. The van der Waals surface area contributed by atoms with Crippen molar-refractivity contribution >= 4 is 0 Å². The molecule has 0 amide bonds. The lowest BCUT2D eigenvalue weighted by Gasteiger charge is -2.45. The van der Waals surface area contributed by atoms with Crippen molar-refractivity contribution in [2.75, 3.05) is 39.3 Å². The lowest BCUT2D eigenvalue weighted by atomic mass is 9.78. The fraction of sp³-hybridized carbons (Fsp3) is 1.00. The zero-order valence-corrected chi connectivity index (χ0v) is 15.4. The molecule has 126 valence electrons. The Hall–Kier alpha value is -0.120. The quantitative estimate of drug-likeness (QED) is 0.668. The highest BCUT2D eigenvalue weighted by Crippen LogP contribution is 2.32. The molecule has 1 rings (SSSR count). The lowest BCUT2D eigenvalue weighted by Crippen LogP contribution is -2.53. The van der Waals surface area contributed by atoms with Crippen LogP contribution in [0.1, 0.15) is 60.8 Å². The van der Waals surface area contributed by atoms with Crippen LogP contribution < -0.4 is 5.32 Å². The number of nitrogens with zero attached hydrogens (tertiary/aromatic N) is 2. The third-order valence-electron chi connectivity index (χ3n) is 4.96. The van der Waals surface area contributed by atoms with E-state index in [1.54, 1.807) is 0 Å². The maximum Gasteiger partial charge on any atom is 0.0136 e. The fourth-order valence-corrected chi connectivity index (χ4v) is 3.30. The number of hydrogen-bond acceptors (Lipinski definition) is 3. The van der Waals surface area contributed by atoms with Gasteiger partial charge in [0.2, 0.25) is 0 Å². The average molecular weight is 298 g/mol. The Balaban J connectivity index is 2.31. The summed E-state index contributed by atoms with van der Waals surface area (Å²) in [4.78, 5) is 5.26. The third kappa shape index (κ3) is 6.66. The maximum absolute atomic E-state index is 3.69. The van der Waals surface area contributed by atoms with Crippen molar-refractivity contribution in [3.05, 3.63) is 0 Å². The first-order chi connectivity index (χ1) is 9.91. The van der Waals surface area contributed by atoms with Gasteiger partial charge in [-0.05, 0) is 85.2 Å². The minimum Gasteiger partial charge on any atom is -0.312 e. The number of rotatable bonds is 10. The molecule has 1 saturated carbocycles. The van der Waals surface area contributed by atoms with Crippen molar-refractivity contribution in [3.63, 3.8) is 0 Å². The Kier molecular flexibility index (Phi) is 8.22. The van der Waals surface area contributed by atoms with Crippen molar-refractivity contribution in [3.8, 4) is 0 Å². The zero-order valence-electron chi connectivity index (χ0n) is 15.4. The number of hydrogen-bond donors (Lipinski definition) is 1. The van der Waals surface area contributed by atoms with Gasteiger partial charge in [0.05, 0.1) is 0 Å². The summed E-state index contributed by atoms with van der Waals surface area (Å²) in [5.41, 5.74) is 0.250. The van der Waals surface area contributed by atoms with Crippen LogP contribution in [0.15, 0.2) is 0 Å². The molecule has 0 heterocycles. The fourth-order valence-electron chi connectivity index (χ4n) is 3.30. The van der Waals surface area contributed by atoms with E-state index >= 15 is 0 Å². The standard InChI is InChI=1S/C18H39N3/c1-7-20(8-2)13-10-14-21(9-3)17-12-11-16(17)15-19-18(4,5)6/h16-17,19H,7-15H2,1-6H3. The molecule has 1 aliphatic carbocycles. The Morgan fingerprint density at radius 3 is 2.05 bits per heavy atom. The highest BCUT2D eigenvalue weighted by atomic mass is 15.2. The van der Waals surface area contributed by atoms with Crippen LogP contribution in [0.3, 0.4) is 0 Å². The van der Waals surface area contributed by atoms with Gasteiger partial charge in [0.1, 0.15) is 0 Å². The van der Waals surface area contributed by atoms with Gasteiger partial charge in [0, 0.05) is 11.6 Å². The van der Waals surface area contributed by atoms with Crippen LogP contribution in [0.5, 0.6) is 0 Å². The van der Waals surface area contributed by atoms with Crippen molar-refractivity contribution in [2.24, 2.45) is 5.92 Å². The Bertz CT molecular complexity index is 268. The third-order valence-corrected chi connectivity index (χ3v) is 4.96. The first-order valence-electron chi connectivity index (χ1n) is 9.12. The molecule has 3 heteroatoms. The molecule has 0 aromatic carbocycles. The van der Waals surface area contributed by atoms with E-state index in [4.69, 9.17) is 0 Å². The summed E-state index contributed by atoms with van der Waals surface area (Å²) in [7, 11) is 0. The van der Waals surface area contributed by atoms with Crippen LogP contribution in [0, 0.1) is 5.92 Å². The van der Waals surface area contributed by atoms with Gasteiger partial charge in [-0.3, -0.25) is 0 Å². The summed E-state index contributed by atoms with van der Waals surface area (Å²) >= 11 is 0. The molecule has 1 fully saturated rings. The predicted molar refractivity (Wildman–Crippen MR) is 93.9 cm³/mol. The normalized spacial score (nSPS) is 22.9. The molecule has 0 aliphatic heterocycles. The molecule has 3 nitrogen and oxygen atoms in total. The van der Waals surface area contributed by atoms with Crippen LogP contribution in [0.4, 0.5) is 0 Å². The molecule has 2 unspecified atom stereocenters. The summed E-state index contributed by atoms with van der Waals surface area (Å²) in [6.07, 6.45) is 4.11. The molecule has 0 aromatic rings. The van der Waals surface area contributed by atoms with E-state index in [2.05, 4.69) is 56.7 Å². The van der Waals surface area contributed by atoms with Gasteiger partial charge < -0.3 is 15.1 Å². The van der Waals surface area contributed by atoms with Gasteiger partial charge >= 0.3 is 0 Å². The lowest BCUT2D eigenvalue weighted by molar-refractivity contribution is 0.0590. The largest absolute Gasteiger partial charge is 0.312 e. The van der Waals surface area contributed by atoms with Gasteiger partial charge in [-0.1, -0.05) is 20.8 Å². The van der Waals surface area contributed by atoms with Crippen molar-refractivity contribution in [2.45, 2.75) is 72.4 Å². The minimum atomic E-state index is 0.250. The van der Waals surface area contributed by atoms with E-state index in [9.17, 15) is 0 Å². The smallest absolute Gasteiger partial charge is 0.0136 e. The van der Waals surface area contributed by atoms with Crippen LogP contribution in [-0.4, -0.2) is 60.6 Å². The maximum atomic E-state index is 3.69. The molecule has 1 aliphatic rings. The molecular weight excluding hydrogens is 258 g/mol. The first-order valence-corrected chi connectivity index (χ1v) is 9.12. The van der Waals surface area contributed by atoms with Crippen LogP contribution >= 0.6 is 0 Å². The SMILES string of the molecule is CCN(CC)CCCN(CC)C1CCC1CNC(C)(C)C. The first kappa shape index (κ1) is 18.9. The molecule has 2 atom stereocenters. The summed E-state index contributed by atoms with van der Waals surface area (Å²) in [6, 6.07) is 0.821. The second-order valence-electron chi connectivity index (χ2n) is 7.54. The second kappa shape index (κ2) is 9.12. The van der Waals surface area contributed by atoms with E-state index in [0.717, 1.165) is 12.0 Å². The Morgan fingerprint density at radius 2 is 1.62 bits per heavy atom. The Labute approximate surface area is 133 Å². The van der Waals surface area contributed by atoms with Crippen LogP contribution in [-0.2, 0) is 0 Å². The molecule has 21 heavy (non-hydrogen) atoms. The predicted octanol–water partition coefficient (Wildman–Crippen LogP) is 3.21. The number of nitrogens with one attached hydrogen (secondary N) is 1. The average Bonchev–Trinajstić information content (AvgIpc) is 2.39. The van der Waals surface area contributed by atoms with Crippen LogP contribution in [0.25, 0.3) is 0 Å². The topological polar surface area (TPSA) is 18.5 Å². The molecule has 1 N–H and O–H groups in total. The summed E-state index contributed by atoms with van der Waals surface area (Å²) in [5.74, 6) is 0.859. The van der Waals surface area contributed by atoms with E-state index in [1.807, 2.05) is 0 Å². The second-order valence-corrected chi connectivity index (χ2v) is 7.54. The molecule has 0 radical (unpaired) electrons. The molecular formula is C18H39N3. The van der Waals surface area contributed by atoms with E-state index in [0.29, 0.717) is 0 Å². The molecule has 0 aromatic heterocycles. The van der Waals surface area contributed by atoms with Gasteiger partial charge in [0.15, 0.2) is 0 Å². The van der Waals surface area contributed by atoms with E-state index in [1.165, 1.54) is 58.5 Å². The molecule has 0 bridgehead atoms. The van der Waals surface area contributed by atoms with Crippen molar-refractivity contribution in [1.29, 1.82) is 0 Å². The monoisotopic (exact) mass is 297 g/mol. The van der Waals surface area contributed by atoms with Gasteiger partial charge in [-0.25, -0.2) is 0 Å². The van der Waals surface area contributed by atoms with Crippen molar-refractivity contribution < 1.29 is 0 Å². The molecule has 0 saturated heterocycles. The highest BCUT2D eigenvalue weighted by Gasteiger charge is 2.34. The zero-order chi connectivity index (χ0) is 15.9. The summed E-state index contributed by atoms with van der Waals surface area (Å²) in [6.45, 7) is 20.9. The van der Waals surface area contributed by atoms with Gasteiger partial charge in [-0.15, -0.1) is 0 Å². The van der Waals surface area contributed by atoms with E-state index in [-0.39, 0.29) is 5.54 Å². The van der Waals surface area contributed by atoms with Crippen LogP contribution in [0.2, 0.25) is 0 Å².